The molecule has 13 rings (SSSR count). The number of nitrogen functional groups attached to an aromatic ring is 1. The fourth-order valence-electron chi connectivity index (χ4n) is 8.02. The molecule has 0 aliphatic heterocycles. The number of benzene rings is 1. The van der Waals surface area contributed by atoms with Crippen molar-refractivity contribution < 1.29 is 53.8 Å². The van der Waals surface area contributed by atoms with Crippen molar-refractivity contribution in [3.8, 4) is 46.2 Å². The molecule has 33 heteroatoms. The molecule has 92 heavy (non-hydrogen) atoms. The van der Waals surface area contributed by atoms with E-state index in [0.717, 1.165) is 28.5 Å². The number of methoxy groups -OCH3 is 1. The number of ether oxygens (including phenoxy) is 2. The lowest BCUT2D eigenvalue weighted by Crippen LogP contribution is -2.12. The number of anilines is 6. The fraction of sp³-hybridized carbons (Fsp3) is 0.0678. The van der Waals surface area contributed by atoms with Crippen LogP contribution >= 0.6 is 31.9 Å². The van der Waals surface area contributed by atoms with Crippen molar-refractivity contribution in [2.45, 2.75) is 18.5 Å². The van der Waals surface area contributed by atoms with E-state index < -0.39 is 41.7 Å². The highest BCUT2D eigenvalue weighted by molar-refractivity contribution is 9.10. The molecule has 0 aliphatic carbocycles. The summed E-state index contributed by atoms with van der Waals surface area (Å²) < 4.78 is 133. The van der Waals surface area contributed by atoms with Gasteiger partial charge in [-0.1, -0.05) is 36.4 Å². The second-order valence-electron chi connectivity index (χ2n) is 18.5. The maximum absolute atomic E-state index is 13.0. The maximum Gasteiger partial charge on any atom is 0.433 e. The number of nitrogens with one attached hydrogen (secondary N) is 3. The van der Waals surface area contributed by atoms with Crippen molar-refractivity contribution in [3.63, 3.8) is 0 Å². The first-order chi connectivity index (χ1) is 44.0. The van der Waals surface area contributed by atoms with E-state index in [2.05, 4.69) is 113 Å². The number of carbonyl (C=O) groups is 1. The minimum atomic E-state index is -4.59. The van der Waals surface area contributed by atoms with Crippen LogP contribution in [-0.4, -0.2) is 86.9 Å². The summed E-state index contributed by atoms with van der Waals surface area (Å²) >= 11 is 6.46. The minimum absolute atomic E-state index is 0.000680. The van der Waals surface area contributed by atoms with E-state index in [1.807, 2.05) is 6.07 Å². The van der Waals surface area contributed by atoms with Crippen molar-refractivity contribution in [2.75, 3.05) is 28.8 Å². The van der Waals surface area contributed by atoms with Gasteiger partial charge in [0.15, 0.2) is 11.6 Å². The lowest BCUT2D eigenvalue weighted by Gasteiger charge is -2.11. The molecule has 0 atom stereocenters. The molecule has 0 fully saturated rings. The Morgan fingerprint density at radius 3 is 1.36 bits per heavy atom. The van der Waals surface area contributed by atoms with Crippen LogP contribution in [-0.2, 0) is 23.3 Å². The predicted octanol–water partition coefficient (Wildman–Crippen LogP) is 14.9. The van der Waals surface area contributed by atoms with Gasteiger partial charge in [-0.2, -0.15) is 44.5 Å². The molecule has 22 nitrogen and oxygen atoms in total. The van der Waals surface area contributed by atoms with Crippen molar-refractivity contribution in [3.05, 3.63) is 221 Å². The summed E-state index contributed by atoms with van der Waals surface area (Å²) in [6.45, 7) is 0. The summed E-state index contributed by atoms with van der Waals surface area (Å²) in [6, 6.07) is 40.4. The second-order valence-corrected chi connectivity index (χ2v) is 20.2. The predicted molar refractivity (Wildman–Crippen MR) is 325 cm³/mol. The molecule has 1 aromatic carbocycles. The zero-order chi connectivity index (χ0) is 65.2. The Hall–Kier alpha value is -11.2. The SMILES string of the molecule is COC(=O)Nc1cc(Nc2nc(-c3cccc(C(F)(F)F)n3)nn3cccc23)ccn1.FC(F)(F)c1cccc(-c2nc(Nc3ccnc(Br)c3)c3cccn3n2)n1.FC(F)(F)c1cccc(-c2nc(Oc3ccccc3)c3cccn3n2)n1.Nc1ccnc(Br)c1. The number of pyridine rings is 6. The number of hydrogen-bond acceptors (Lipinski definition) is 18. The molecule has 12 aromatic heterocycles. The highest BCUT2D eigenvalue weighted by atomic mass is 79.9. The molecule has 0 spiro atoms. The Bertz CT molecular complexity index is 4710. The summed E-state index contributed by atoms with van der Waals surface area (Å²) in [7, 11) is 1.23. The first-order valence-corrected chi connectivity index (χ1v) is 27.9. The number of halogens is 11. The van der Waals surface area contributed by atoms with E-state index in [4.69, 9.17) is 10.5 Å². The van der Waals surface area contributed by atoms with Crippen molar-refractivity contribution in [1.29, 1.82) is 0 Å². The number of amides is 1. The fourth-order valence-corrected chi connectivity index (χ4v) is 8.76. The van der Waals surface area contributed by atoms with Gasteiger partial charge in [-0.25, -0.2) is 58.2 Å². The Balaban J connectivity index is 0.000000143. The van der Waals surface area contributed by atoms with E-state index in [1.165, 1.54) is 63.3 Å². The van der Waals surface area contributed by atoms with E-state index in [0.29, 0.717) is 49.9 Å². The molecule has 0 unspecified atom stereocenters. The summed E-state index contributed by atoms with van der Waals surface area (Å²) in [5, 5.41) is 21.4. The van der Waals surface area contributed by atoms with Crippen molar-refractivity contribution in [1.82, 2.24) is 73.7 Å². The number of carbonyl (C=O) groups excluding carboxylic acids is 1. The van der Waals surface area contributed by atoms with Gasteiger partial charge in [-0.05, 0) is 147 Å². The lowest BCUT2D eigenvalue weighted by atomic mass is 10.3. The van der Waals surface area contributed by atoms with Crippen LogP contribution < -0.4 is 26.4 Å². The number of rotatable bonds is 10. The monoisotopic (exact) mass is 1390 g/mol. The molecule has 12 heterocycles. The van der Waals surface area contributed by atoms with Crippen molar-refractivity contribution >= 4 is 89.0 Å². The van der Waals surface area contributed by atoms with Gasteiger partial charge >= 0.3 is 24.6 Å². The third-order valence-electron chi connectivity index (χ3n) is 12.1. The number of nitrogens with two attached hydrogens (primary N) is 1. The van der Waals surface area contributed by atoms with E-state index in [-0.39, 0.29) is 46.3 Å². The zero-order valence-electron chi connectivity index (χ0n) is 46.6. The summed E-state index contributed by atoms with van der Waals surface area (Å²) in [4.78, 5) is 47.3. The third-order valence-corrected chi connectivity index (χ3v) is 12.9. The standard InChI is InChI=1S/C19H14F3N7O2.C18H11F3N4O.C17H10BrF3N6.C5H5BrN2/c1-31-18(30)26-15-10-11(7-8-23-15)24-17-13-5-3-9-29(13)28-16(27-17)12-4-2-6-14(25-12)19(20,21)22;19-18(20,21)15-10-4-8-13(22-15)16-23-17(14-9-5-11-25(14)24-16)26-12-6-2-1-3-7-12;18-14-9-10(6-7-22-14)23-16-12-4-2-8-27(12)26-15(25-16)11-3-1-5-13(24-11)17(19,20)21;6-5-3-4(7)1-2-8-5/h2-10H,1H3,(H2,23,24,26,27,28,30);1-11H;1-9H,(H,22,23,25,26);1-3H,(H2,7,8). The van der Waals surface area contributed by atoms with E-state index >= 15 is 0 Å². The largest absolute Gasteiger partial charge is 0.453 e. The van der Waals surface area contributed by atoms with Crippen molar-refractivity contribution in [2.24, 2.45) is 0 Å². The maximum atomic E-state index is 13.0. The Labute approximate surface area is 528 Å². The van der Waals surface area contributed by atoms with Gasteiger partial charge in [0.2, 0.25) is 23.4 Å². The lowest BCUT2D eigenvalue weighted by molar-refractivity contribution is -0.141. The zero-order valence-corrected chi connectivity index (χ0v) is 49.8. The molecule has 0 saturated heterocycles. The quantitative estimate of drug-likeness (QED) is 0.0732. The number of nitrogens with zero attached hydrogens (tertiary/aromatic N) is 15. The highest BCUT2D eigenvalue weighted by Crippen LogP contribution is 2.34. The molecule has 0 radical (unpaired) electrons. The average Bonchev–Trinajstić information content (AvgIpc) is 1.52. The van der Waals surface area contributed by atoms with E-state index in [9.17, 15) is 44.3 Å². The molecule has 0 bridgehead atoms. The molecule has 466 valence electrons. The second kappa shape index (κ2) is 27.7. The number of para-hydroxylation sites is 1. The number of alkyl halides is 9. The Morgan fingerprint density at radius 1 is 0.478 bits per heavy atom. The summed E-state index contributed by atoms with van der Waals surface area (Å²) in [5.41, 5.74) is 6.14. The molecular weight excluding hydrogens is 1350 g/mol. The third kappa shape index (κ3) is 16.3. The highest BCUT2D eigenvalue weighted by Gasteiger charge is 2.35. The molecule has 13 aromatic rings. The molecular formula is C59H40Br2F9N19O3. The van der Waals surface area contributed by atoms with Crippen LogP contribution in [0.3, 0.4) is 0 Å². The smallest absolute Gasteiger partial charge is 0.433 e. The van der Waals surface area contributed by atoms with Crippen LogP contribution in [0.2, 0.25) is 0 Å². The first kappa shape index (κ1) is 63.8. The Kier molecular flexibility index (Phi) is 19.2. The number of aromatic nitrogens is 15. The van der Waals surface area contributed by atoms with Gasteiger partial charge in [-0.15, -0.1) is 15.3 Å². The van der Waals surface area contributed by atoms with Gasteiger partial charge in [0, 0.05) is 60.3 Å². The van der Waals surface area contributed by atoms with Gasteiger partial charge in [0.25, 0.3) is 0 Å². The number of hydrogen-bond donors (Lipinski definition) is 4. The Morgan fingerprint density at radius 2 is 0.913 bits per heavy atom. The van der Waals surface area contributed by atoms with Crippen LogP contribution in [0.15, 0.2) is 204 Å². The van der Waals surface area contributed by atoms with Crippen LogP contribution in [0.25, 0.3) is 51.1 Å². The topological polar surface area (TPSA) is 266 Å². The van der Waals surface area contributed by atoms with Crippen LogP contribution in [0.4, 0.5) is 78.8 Å². The van der Waals surface area contributed by atoms with Crippen LogP contribution in [0.1, 0.15) is 17.1 Å². The number of fused-ring (bicyclic) bond motifs is 3. The average molecular weight is 1390 g/mol. The normalized spacial score (nSPS) is 11.3. The van der Waals surface area contributed by atoms with Crippen LogP contribution in [0.5, 0.6) is 11.6 Å². The van der Waals surface area contributed by atoms with Gasteiger partial charge < -0.3 is 25.8 Å². The summed E-state index contributed by atoms with van der Waals surface area (Å²) in [6.07, 6.45) is -4.66. The molecule has 0 aliphatic rings. The van der Waals surface area contributed by atoms with E-state index in [1.54, 1.807) is 128 Å². The first-order valence-electron chi connectivity index (χ1n) is 26.3. The molecule has 5 N–H and O–H groups in total. The summed E-state index contributed by atoms with van der Waals surface area (Å²) in [5.74, 6) is 1.87. The molecule has 0 saturated carbocycles. The molecule has 1 amide bonds. The van der Waals surface area contributed by atoms with Gasteiger partial charge in [0.05, 0.1) is 7.11 Å². The van der Waals surface area contributed by atoms with Crippen LogP contribution in [0, 0.1) is 0 Å². The minimum Gasteiger partial charge on any atom is -0.453 e. The van der Waals surface area contributed by atoms with Gasteiger partial charge in [-0.3, -0.25) is 5.32 Å². The van der Waals surface area contributed by atoms with Gasteiger partial charge in [0.1, 0.15) is 71.5 Å².